The first-order chi connectivity index (χ1) is 10.3. The van der Waals surface area contributed by atoms with Crippen molar-refractivity contribution in [1.29, 1.82) is 0 Å². The van der Waals surface area contributed by atoms with Crippen LogP contribution in [0.2, 0.25) is 0 Å². The van der Waals surface area contributed by atoms with E-state index in [0.29, 0.717) is 6.04 Å². The number of hydrogen-bond donors (Lipinski definition) is 1. The summed E-state index contributed by atoms with van der Waals surface area (Å²) >= 11 is 0. The smallest absolute Gasteiger partial charge is 0.124 e. The number of fused-ring (bicyclic) bond motifs is 1. The second-order valence-electron chi connectivity index (χ2n) is 5.82. The molecule has 112 valence electrons. The Labute approximate surface area is 125 Å². The van der Waals surface area contributed by atoms with E-state index in [9.17, 15) is 4.39 Å². The summed E-state index contributed by atoms with van der Waals surface area (Å²) in [5, 5.41) is 4.15. The van der Waals surface area contributed by atoms with Crippen LogP contribution in [0.1, 0.15) is 24.8 Å². The van der Waals surface area contributed by atoms with Gasteiger partial charge in [-0.2, -0.15) is 0 Å². The number of likely N-dealkylation sites (N-methyl/N-ethyl adjacent to an activating group) is 1. The zero-order valence-corrected chi connectivity index (χ0v) is 12.5. The number of piperidine rings is 1. The molecule has 0 saturated carbocycles. The van der Waals surface area contributed by atoms with Crippen molar-refractivity contribution in [3.63, 3.8) is 0 Å². The molecule has 1 aliphatic heterocycles. The molecule has 0 spiro atoms. The topological polar surface area (TPSA) is 28.2 Å². The van der Waals surface area contributed by atoms with Crippen molar-refractivity contribution in [3.8, 4) is 0 Å². The Morgan fingerprint density at radius 3 is 3.14 bits per heavy atom. The molecule has 21 heavy (non-hydrogen) atoms. The molecule has 0 radical (unpaired) electrons. The summed E-state index contributed by atoms with van der Waals surface area (Å²) in [6, 6.07) is 7.52. The number of halogens is 1. The normalized spacial score (nSPS) is 20.0. The van der Waals surface area contributed by atoms with Crippen molar-refractivity contribution in [2.45, 2.75) is 31.8 Å². The van der Waals surface area contributed by atoms with E-state index in [1.165, 1.54) is 19.3 Å². The summed E-state index contributed by atoms with van der Waals surface area (Å²) in [5.74, 6) is -0.173. The molecule has 1 atom stereocenters. The molecule has 0 aliphatic carbocycles. The third-order valence-corrected chi connectivity index (χ3v) is 4.31. The van der Waals surface area contributed by atoms with Gasteiger partial charge in [0, 0.05) is 30.7 Å². The quantitative estimate of drug-likeness (QED) is 0.937. The Bertz CT molecular complexity index is 612. The molecule has 1 saturated heterocycles. The number of benzene rings is 1. The number of rotatable bonds is 4. The molecule has 3 nitrogen and oxygen atoms in total. The monoisotopic (exact) mass is 287 g/mol. The molecule has 4 heteroatoms. The highest BCUT2D eigenvalue weighted by Crippen LogP contribution is 2.24. The van der Waals surface area contributed by atoms with Crippen LogP contribution in [0.3, 0.4) is 0 Å². The van der Waals surface area contributed by atoms with Gasteiger partial charge >= 0.3 is 0 Å². The van der Waals surface area contributed by atoms with Crippen LogP contribution in [0.5, 0.6) is 0 Å². The van der Waals surface area contributed by atoms with Gasteiger partial charge in [-0.05, 0) is 50.2 Å². The van der Waals surface area contributed by atoms with Crippen molar-refractivity contribution < 1.29 is 4.39 Å². The van der Waals surface area contributed by atoms with Crippen molar-refractivity contribution in [1.82, 2.24) is 15.2 Å². The summed E-state index contributed by atoms with van der Waals surface area (Å²) in [5.41, 5.74) is 1.92. The number of pyridine rings is 1. The van der Waals surface area contributed by atoms with E-state index in [1.54, 1.807) is 18.3 Å². The van der Waals surface area contributed by atoms with E-state index >= 15 is 0 Å². The summed E-state index contributed by atoms with van der Waals surface area (Å²) in [6.07, 6.45) is 5.50. The first-order valence-electron chi connectivity index (χ1n) is 7.70. The van der Waals surface area contributed by atoms with Gasteiger partial charge in [-0.3, -0.25) is 9.88 Å². The molecule has 2 aromatic rings. The van der Waals surface area contributed by atoms with Crippen LogP contribution in [0.4, 0.5) is 4.39 Å². The molecule has 1 N–H and O–H groups in total. The van der Waals surface area contributed by atoms with E-state index in [-0.39, 0.29) is 5.82 Å². The predicted molar refractivity (Wildman–Crippen MR) is 83.7 cm³/mol. The highest BCUT2D eigenvalue weighted by atomic mass is 19.1. The minimum atomic E-state index is -0.173. The number of nitrogens with one attached hydrogen (secondary N) is 1. The van der Waals surface area contributed by atoms with Crippen molar-refractivity contribution in [2.75, 3.05) is 20.1 Å². The molecular formula is C17H22FN3. The Morgan fingerprint density at radius 1 is 1.38 bits per heavy atom. The first kappa shape index (κ1) is 14.4. The minimum absolute atomic E-state index is 0.173. The van der Waals surface area contributed by atoms with Gasteiger partial charge in [-0.1, -0.05) is 12.5 Å². The fraction of sp³-hybridized carbons (Fsp3) is 0.471. The zero-order chi connectivity index (χ0) is 14.7. The van der Waals surface area contributed by atoms with Gasteiger partial charge in [0.2, 0.25) is 0 Å². The highest BCUT2D eigenvalue weighted by molar-refractivity contribution is 5.81. The number of likely N-dealkylation sites (tertiary alicyclic amines) is 1. The first-order valence-corrected chi connectivity index (χ1v) is 7.70. The van der Waals surface area contributed by atoms with Gasteiger partial charge in [-0.15, -0.1) is 0 Å². The maximum atomic E-state index is 13.8. The Kier molecular flexibility index (Phi) is 4.46. The van der Waals surface area contributed by atoms with E-state index in [4.69, 9.17) is 0 Å². The van der Waals surface area contributed by atoms with Gasteiger partial charge in [0.25, 0.3) is 0 Å². The van der Waals surface area contributed by atoms with Gasteiger partial charge in [0.05, 0.1) is 5.52 Å². The molecule has 0 bridgehead atoms. The molecule has 2 heterocycles. The van der Waals surface area contributed by atoms with Crippen LogP contribution < -0.4 is 5.32 Å². The minimum Gasteiger partial charge on any atom is -0.318 e. The molecule has 1 aromatic heterocycles. The Balaban J connectivity index is 1.89. The van der Waals surface area contributed by atoms with Gasteiger partial charge in [-0.25, -0.2) is 4.39 Å². The lowest BCUT2D eigenvalue weighted by molar-refractivity contribution is 0.139. The van der Waals surface area contributed by atoms with Crippen LogP contribution >= 0.6 is 0 Å². The number of nitrogens with zero attached hydrogens (tertiary/aromatic N) is 2. The van der Waals surface area contributed by atoms with E-state index in [0.717, 1.165) is 36.1 Å². The lowest BCUT2D eigenvalue weighted by Gasteiger charge is -2.35. The summed E-state index contributed by atoms with van der Waals surface area (Å²) in [4.78, 5) is 6.91. The summed E-state index contributed by atoms with van der Waals surface area (Å²) in [7, 11) is 1.99. The van der Waals surface area contributed by atoms with E-state index in [1.807, 2.05) is 19.2 Å². The van der Waals surface area contributed by atoms with Gasteiger partial charge < -0.3 is 5.32 Å². The van der Waals surface area contributed by atoms with Gasteiger partial charge in [0.1, 0.15) is 5.82 Å². The Hall–Kier alpha value is -1.52. The summed E-state index contributed by atoms with van der Waals surface area (Å²) in [6.45, 7) is 2.84. The molecule has 3 rings (SSSR count). The maximum absolute atomic E-state index is 13.8. The fourth-order valence-corrected chi connectivity index (χ4v) is 3.30. The van der Waals surface area contributed by atoms with E-state index in [2.05, 4.69) is 15.2 Å². The number of aromatic nitrogens is 1. The average molecular weight is 287 g/mol. The second-order valence-corrected chi connectivity index (χ2v) is 5.82. The van der Waals surface area contributed by atoms with Crippen molar-refractivity contribution in [3.05, 3.63) is 41.8 Å². The Morgan fingerprint density at radius 2 is 2.29 bits per heavy atom. The maximum Gasteiger partial charge on any atom is 0.124 e. The fourth-order valence-electron chi connectivity index (χ4n) is 3.30. The van der Waals surface area contributed by atoms with Crippen LogP contribution in [-0.2, 0) is 6.54 Å². The molecule has 1 fully saturated rings. The number of hydrogen-bond acceptors (Lipinski definition) is 3. The standard InChI is InChI=1S/C17H22FN3/c1-19-11-16-6-2-3-8-21(16)12-14-10-15(18)9-13-5-4-7-20-17(13)14/h4-5,7,9-10,16,19H,2-3,6,8,11-12H2,1H3. The summed E-state index contributed by atoms with van der Waals surface area (Å²) < 4.78 is 13.8. The van der Waals surface area contributed by atoms with E-state index < -0.39 is 0 Å². The third kappa shape index (κ3) is 3.22. The zero-order valence-electron chi connectivity index (χ0n) is 12.5. The molecule has 1 unspecified atom stereocenters. The highest BCUT2D eigenvalue weighted by Gasteiger charge is 2.22. The molecule has 1 aliphatic rings. The average Bonchev–Trinajstić information content (AvgIpc) is 2.49. The molecular weight excluding hydrogens is 265 g/mol. The van der Waals surface area contributed by atoms with Crippen LogP contribution in [0, 0.1) is 5.82 Å². The van der Waals surface area contributed by atoms with Crippen LogP contribution in [-0.4, -0.2) is 36.1 Å². The largest absolute Gasteiger partial charge is 0.318 e. The molecule has 1 aromatic carbocycles. The second kappa shape index (κ2) is 6.50. The van der Waals surface area contributed by atoms with Crippen LogP contribution in [0.25, 0.3) is 10.9 Å². The van der Waals surface area contributed by atoms with Crippen molar-refractivity contribution >= 4 is 10.9 Å². The SMILES string of the molecule is CNCC1CCCCN1Cc1cc(F)cc2cccnc12. The predicted octanol–water partition coefficient (Wildman–Crippen LogP) is 2.95. The lowest BCUT2D eigenvalue weighted by Crippen LogP contribution is -2.44. The van der Waals surface area contributed by atoms with Crippen molar-refractivity contribution in [2.24, 2.45) is 0 Å². The van der Waals surface area contributed by atoms with Gasteiger partial charge in [0.15, 0.2) is 0 Å². The molecule has 0 amide bonds. The third-order valence-electron chi connectivity index (χ3n) is 4.31. The lowest BCUT2D eigenvalue weighted by atomic mass is 10.0. The van der Waals surface area contributed by atoms with Crippen LogP contribution in [0.15, 0.2) is 30.5 Å².